The van der Waals surface area contributed by atoms with Crippen molar-refractivity contribution in [3.05, 3.63) is 74.8 Å². The summed E-state index contributed by atoms with van der Waals surface area (Å²) in [6.45, 7) is 2.48. The lowest BCUT2D eigenvalue weighted by Gasteiger charge is -2.36. The number of aryl methyl sites for hydroxylation is 1. The maximum Gasteiger partial charge on any atom is 0.335 e. The average molecular weight is 386 g/mol. The van der Waals surface area contributed by atoms with Crippen LogP contribution in [0.5, 0.6) is 0 Å². The highest BCUT2D eigenvalue weighted by Gasteiger charge is 2.30. The highest BCUT2D eigenvalue weighted by Crippen LogP contribution is 2.31. The number of hydrogen-bond donors (Lipinski definition) is 1. The van der Waals surface area contributed by atoms with E-state index in [4.69, 9.17) is 0 Å². The van der Waals surface area contributed by atoms with Crippen molar-refractivity contribution in [1.29, 1.82) is 0 Å². The van der Waals surface area contributed by atoms with Gasteiger partial charge in [-0.15, -0.1) is 0 Å². The van der Waals surface area contributed by atoms with Gasteiger partial charge in [-0.3, -0.25) is 14.9 Å². The Bertz CT molecular complexity index is 865. The summed E-state index contributed by atoms with van der Waals surface area (Å²) in [5.74, 6) is -0.228. The van der Waals surface area contributed by atoms with Crippen molar-refractivity contribution < 1.29 is 19.6 Å². The summed E-state index contributed by atoms with van der Waals surface area (Å²) in [7, 11) is 0. The molecule has 1 aliphatic rings. The largest absolute Gasteiger partial charge is 0.478 e. The van der Waals surface area contributed by atoms with Gasteiger partial charge < -0.3 is 10.0 Å². The lowest BCUT2D eigenvalue weighted by molar-refractivity contribution is -0.384. The van der Waals surface area contributed by atoms with E-state index in [2.05, 4.69) is 0 Å². The van der Waals surface area contributed by atoms with E-state index < -0.39 is 22.5 Å². The quantitative estimate of drug-likeness (QED) is 0.637. The van der Waals surface area contributed by atoms with Gasteiger partial charge in [0.1, 0.15) is 0 Å². The first-order chi connectivity index (χ1) is 12.9. The minimum atomic E-state index is -1.31. The number of carboxylic acids is 1. The van der Waals surface area contributed by atoms with Crippen LogP contribution in [0.1, 0.15) is 37.9 Å². The standard InChI is InChI=1S/C19H18N2O5S/c1-12-2-4-13(5-3-12)17-11-27-7-6-20(17)18(22)14-8-15(19(23)24)10-16(9-14)21(25)26/h2-5,8-10,17H,6-7,11H2,1H3,(H,23,24). The molecule has 0 saturated carbocycles. The molecule has 1 saturated heterocycles. The van der Waals surface area contributed by atoms with Crippen LogP contribution in [-0.2, 0) is 0 Å². The second-order valence-electron chi connectivity index (χ2n) is 6.33. The van der Waals surface area contributed by atoms with E-state index >= 15 is 0 Å². The highest BCUT2D eigenvalue weighted by atomic mass is 32.2. The maximum absolute atomic E-state index is 13.1. The molecule has 1 atom stereocenters. The molecule has 0 radical (unpaired) electrons. The molecule has 1 aliphatic heterocycles. The zero-order chi connectivity index (χ0) is 19.6. The molecule has 2 aromatic carbocycles. The Kier molecular flexibility index (Phi) is 5.46. The number of aromatic carboxylic acids is 1. The number of benzene rings is 2. The van der Waals surface area contributed by atoms with Crippen LogP contribution < -0.4 is 0 Å². The molecule has 1 heterocycles. The molecule has 2 aromatic rings. The van der Waals surface area contributed by atoms with E-state index in [-0.39, 0.29) is 17.2 Å². The number of nitro groups is 1. The normalized spacial score (nSPS) is 16.8. The Labute approximate surface area is 160 Å². The van der Waals surface area contributed by atoms with E-state index in [0.29, 0.717) is 6.54 Å². The van der Waals surface area contributed by atoms with Crippen LogP contribution in [0.15, 0.2) is 42.5 Å². The van der Waals surface area contributed by atoms with Gasteiger partial charge in [-0.2, -0.15) is 11.8 Å². The Morgan fingerprint density at radius 3 is 2.48 bits per heavy atom. The molecule has 0 aromatic heterocycles. The molecule has 3 rings (SSSR count). The topological polar surface area (TPSA) is 101 Å². The Morgan fingerprint density at radius 1 is 1.19 bits per heavy atom. The molecular weight excluding hydrogens is 368 g/mol. The molecule has 0 spiro atoms. The predicted octanol–water partition coefficient (Wildman–Crippen LogP) is 3.53. The lowest BCUT2D eigenvalue weighted by Crippen LogP contribution is -2.40. The van der Waals surface area contributed by atoms with Crippen molar-refractivity contribution in [3.63, 3.8) is 0 Å². The number of carbonyl (C=O) groups excluding carboxylic acids is 1. The smallest absolute Gasteiger partial charge is 0.335 e. The monoisotopic (exact) mass is 386 g/mol. The third-order valence-electron chi connectivity index (χ3n) is 4.47. The van der Waals surface area contributed by atoms with E-state index in [1.165, 1.54) is 6.07 Å². The van der Waals surface area contributed by atoms with E-state index in [9.17, 15) is 24.8 Å². The van der Waals surface area contributed by atoms with Gasteiger partial charge in [0.2, 0.25) is 0 Å². The SMILES string of the molecule is Cc1ccc(C2CSCCN2C(=O)c2cc(C(=O)O)cc([N+](=O)[O-])c2)cc1. The third-order valence-corrected chi connectivity index (χ3v) is 5.50. The van der Waals surface area contributed by atoms with Crippen molar-refractivity contribution in [2.24, 2.45) is 0 Å². The number of non-ortho nitro benzene ring substituents is 1. The van der Waals surface area contributed by atoms with Gasteiger partial charge >= 0.3 is 5.97 Å². The van der Waals surface area contributed by atoms with Gasteiger partial charge in [-0.1, -0.05) is 29.8 Å². The van der Waals surface area contributed by atoms with Crippen LogP contribution in [0.25, 0.3) is 0 Å². The first-order valence-corrected chi connectivity index (χ1v) is 9.50. The van der Waals surface area contributed by atoms with Crippen LogP contribution in [0.4, 0.5) is 5.69 Å². The number of hydrogen-bond acceptors (Lipinski definition) is 5. The third kappa shape index (κ3) is 4.11. The summed E-state index contributed by atoms with van der Waals surface area (Å²) >= 11 is 1.74. The summed E-state index contributed by atoms with van der Waals surface area (Å²) in [6, 6.07) is 11.0. The van der Waals surface area contributed by atoms with Crippen LogP contribution in [0.2, 0.25) is 0 Å². The summed E-state index contributed by atoms with van der Waals surface area (Å²) < 4.78 is 0. The summed E-state index contributed by atoms with van der Waals surface area (Å²) in [4.78, 5) is 36.5. The van der Waals surface area contributed by atoms with Crippen molar-refractivity contribution in [1.82, 2.24) is 4.90 Å². The minimum Gasteiger partial charge on any atom is -0.478 e. The first kappa shape index (κ1) is 18.9. The van der Waals surface area contributed by atoms with Gasteiger partial charge in [0.25, 0.3) is 11.6 Å². The lowest BCUT2D eigenvalue weighted by atomic mass is 10.0. The van der Waals surface area contributed by atoms with Crippen LogP contribution in [0.3, 0.4) is 0 Å². The molecular formula is C19H18N2O5S. The molecule has 7 nitrogen and oxygen atoms in total. The summed E-state index contributed by atoms with van der Waals surface area (Å²) in [5.41, 5.74) is 1.45. The first-order valence-electron chi connectivity index (χ1n) is 8.35. The van der Waals surface area contributed by atoms with Crippen LogP contribution >= 0.6 is 11.8 Å². The van der Waals surface area contributed by atoms with Crippen molar-refractivity contribution in [2.45, 2.75) is 13.0 Å². The zero-order valence-corrected chi connectivity index (χ0v) is 15.4. The molecule has 0 aliphatic carbocycles. The van der Waals surface area contributed by atoms with E-state index in [0.717, 1.165) is 34.8 Å². The predicted molar refractivity (Wildman–Crippen MR) is 102 cm³/mol. The number of carbonyl (C=O) groups is 2. The zero-order valence-electron chi connectivity index (χ0n) is 14.6. The molecule has 27 heavy (non-hydrogen) atoms. The fourth-order valence-corrected chi connectivity index (χ4v) is 4.13. The van der Waals surface area contributed by atoms with Crippen LogP contribution in [-0.4, -0.2) is 44.9 Å². The van der Waals surface area contributed by atoms with Gasteiger partial charge in [-0.25, -0.2) is 4.79 Å². The molecule has 1 fully saturated rings. The molecule has 1 N–H and O–H groups in total. The molecule has 1 unspecified atom stereocenters. The van der Waals surface area contributed by atoms with E-state index in [1.807, 2.05) is 31.2 Å². The minimum absolute atomic E-state index is 0.0191. The number of carboxylic acid groups (broad SMARTS) is 1. The fourth-order valence-electron chi connectivity index (χ4n) is 3.04. The molecule has 140 valence electrons. The average Bonchev–Trinajstić information content (AvgIpc) is 2.67. The Balaban J connectivity index is 1.98. The summed E-state index contributed by atoms with van der Waals surface area (Å²) in [6.07, 6.45) is 0. The van der Waals surface area contributed by atoms with Gasteiger partial charge in [0.05, 0.1) is 16.5 Å². The number of nitro benzene ring substituents is 1. The number of nitrogens with zero attached hydrogens (tertiary/aromatic N) is 2. The Morgan fingerprint density at radius 2 is 1.85 bits per heavy atom. The van der Waals surface area contributed by atoms with Gasteiger partial charge in [-0.05, 0) is 18.6 Å². The second kappa shape index (κ2) is 7.79. The maximum atomic E-state index is 13.1. The van der Waals surface area contributed by atoms with Crippen molar-refractivity contribution >= 4 is 29.3 Å². The fraction of sp³-hybridized carbons (Fsp3) is 0.263. The Hall–Kier alpha value is -2.87. The molecule has 1 amide bonds. The van der Waals surface area contributed by atoms with Crippen molar-refractivity contribution in [2.75, 3.05) is 18.1 Å². The summed E-state index contributed by atoms with van der Waals surface area (Å²) in [5, 5.41) is 20.3. The van der Waals surface area contributed by atoms with E-state index in [1.54, 1.807) is 16.7 Å². The van der Waals surface area contributed by atoms with Gasteiger partial charge in [0, 0.05) is 35.7 Å². The molecule has 0 bridgehead atoms. The molecule has 8 heteroatoms. The second-order valence-corrected chi connectivity index (χ2v) is 7.48. The number of rotatable bonds is 4. The van der Waals surface area contributed by atoms with Gasteiger partial charge in [0.15, 0.2) is 0 Å². The number of thioether (sulfide) groups is 1. The highest BCUT2D eigenvalue weighted by molar-refractivity contribution is 7.99. The van der Waals surface area contributed by atoms with Crippen LogP contribution in [0, 0.1) is 17.0 Å². The number of amides is 1. The van der Waals surface area contributed by atoms with Crippen molar-refractivity contribution in [3.8, 4) is 0 Å².